The van der Waals surface area contributed by atoms with Crippen LogP contribution >= 0.6 is 0 Å². The highest BCUT2D eigenvalue weighted by molar-refractivity contribution is 6.04. The van der Waals surface area contributed by atoms with Crippen molar-refractivity contribution in [1.82, 2.24) is 4.73 Å². The number of anilines is 1. The number of benzene rings is 2. The van der Waals surface area contributed by atoms with Gasteiger partial charge in [0.05, 0.1) is 0 Å². The Hall–Kier alpha value is -3.87. The average Bonchev–Trinajstić information content (AvgIpc) is 2.70. The molecule has 0 fully saturated rings. The molecule has 0 radical (unpaired) electrons. The maximum atomic E-state index is 12.6. The van der Waals surface area contributed by atoms with E-state index < -0.39 is 17.4 Å². The Bertz CT molecular complexity index is 1120. The highest BCUT2D eigenvalue weighted by Gasteiger charge is 2.14. The smallest absolute Gasteiger partial charge is 0.295 e. The van der Waals surface area contributed by atoms with Crippen LogP contribution in [-0.2, 0) is 6.61 Å². The first-order chi connectivity index (χ1) is 13.8. The normalized spacial score (nSPS) is 10.4. The van der Waals surface area contributed by atoms with E-state index in [1.165, 1.54) is 36.5 Å². The first kappa shape index (κ1) is 19.9. The fourth-order valence-electron chi connectivity index (χ4n) is 2.76. The van der Waals surface area contributed by atoms with Gasteiger partial charge in [-0.05, 0) is 61.4 Å². The summed E-state index contributed by atoms with van der Waals surface area (Å²) in [6, 6.07) is 15.0. The van der Waals surface area contributed by atoms with Gasteiger partial charge in [0.25, 0.3) is 11.5 Å². The molecule has 2 amide bonds. The molecule has 1 aromatic heterocycles. The van der Waals surface area contributed by atoms with Crippen LogP contribution in [-0.4, -0.2) is 16.5 Å². The quantitative estimate of drug-likeness (QED) is 0.673. The van der Waals surface area contributed by atoms with Crippen molar-refractivity contribution >= 4 is 17.5 Å². The van der Waals surface area contributed by atoms with Gasteiger partial charge in [-0.2, -0.15) is 4.73 Å². The number of pyridine rings is 1. The third-order valence-electron chi connectivity index (χ3n) is 4.45. The van der Waals surface area contributed by atoms with Crippen molar-refractivity contribution in [2.45, 2.75) is 20.5 Å². The maximum Gasteiger partial charge on any atom is 0.295 e. The molecule has 29 heavy (non-hydrogen) atoms. The van der Waals surface area contributed by atoms with Crippen molar-refractivity contribution < 1.29 is 14.4 Å². The van der Waals surface area contributed by atoms with Crippen LogP contribution in [0, 0.1) is 13.8 Å². The molecule has 148 valence electrons. The minimum atomic E-state index is -0.577. The molecule has 0 atom stereocenters. The molecule has 3 rings (SSSR count). The third-order valence-corrected chi connectivity index (χ3v) is 4.45. The number of nitrogens with zero attached hydrogens (tertiary/aromatic N) is 1. The van der Waals surface area contributed by atoms with E-state index in [2.05, 4.69) is 5.32 Å². The van der Waals surface area contributed by atoms with Gasteiger partial charge in [-0.25, -0.2) is 0 Å². The van der Waals surface area contributed by atoms with E-state index in [0.29, 0.717) is 11.3 Å². The predicted molar refractivity (Wildman–Crippen MR) is 110 cm³/mol. The Morgan fingerprint density at radius 3 is 2.48 bits per heavy atom. The number of carbonyl (C=O) groups excluding carboxylic acids is 2. The fraction of sp³-hybridized carbons (Fsp3) is 0.136. The average molecular weight is 391 g/mol. The lowest BCUT2D eigenvalue weighted by Crippen LogP contribution is -2.32. The van der Waals surface area contributed by atoms with Crippen molar-refractivity contribution in [3.63, 3.8) is 0 Å². The molecule has 3 N–H and O–H groups in total. The van der Waals surface area contributed by atoms with Crippen molar-refractivity contribution in [2.75, 3.05) is 5.32 Å². The molecule has 0 unspecified atom stereocenters. The van der Waals surface area contributed by atoms with Gasteiger partial charge < -0.3 is 15.9 Å². The Labute approximate surface area is 167 Å². The number of hydrogen-bond donors (Lipinski definition) is 2. The lowest BCUT2D eigenvalue weighted by Gasteiger charge is -2.12. The standard InChI is InChI=1S/C22H21N3O4/c1-14-5-6-15(2)17(12-14)13-29-25-11-3-4-19(22(25)28)21(27)24-18-9-7-16(8-10-18)20(23)26/h3-12H,13H2,1-2H3,(H2,23,26)(H,24,27). The molecule has 0 bridgehead atoms. The van der Waals surface area contributed by atoms with Gasteiger partial charge in [0, 0.05) is 17.4 Å². The number of hydrogen-bond acceptors (Lipinski definition) is 4. The van der Waals surface area contributed by atoms with Gasteiger partial charge in [-0.1, -0.05) is 23.8 Å². The predicted octanol–water partition coefficient (Wildman–Crippen LogP) is 2.45. The second-order valence-electron chi connectivity index (χ2n) is 6.65. The maximum absolute atomic E-state index is 12.6. The highest BCUT2D eigenvalue weighted by Crippen LogP contribution is 2.12. The fourth-order valence-corrected chi connectivity index (χ4v) is 2.76. The van der Waals surface area contributed by atoms with E-state index in [4.69, 9.17) is 10.6 Å². The topological polar surface area (TPSA) is 103 Å². The van der Waals surface area contributed by atoms with Crippen LogP contribution in [0.5, 0.6) is 0 Å². The zero-order valence-corrected chi connectivity index (χ0v) is 16.1. The molecule has 0 spiro atoms. The zero-order valence-electron chi connectivity index (χ0n) is 16.1. The first-order valence-corrected chi connectivity index (χ1v) is 8.97. The molecule has 3 aromatic rings. The van der Waals surface area contributed by atoms with Crippen LogP contribution in [0.4, 0.5) is 5.69 Å². The van der Waals surface area contributed by atoms with Crippen molar-refractivity contribution in [2.24, 2.45) is 5.73 Å². The van der Waals surface area contributed by atoms with Crippen LogP contribution < -0.4 is 21.4 Å². The summed E-state index contributed by atoms with van der Waals surface area (Å²) < 4.78 is 1.05. The SMILES string of the molecule is Cc1ccc(C)c(COn2cccc(C(=O)Nc3ccc(C(N)=O)cc3)c2=O)c1. The van der Waals surface area contributed by atoms with Crippen LogP contribution in [0.25, 0.3) is 0 Å². The summed E-state index contributed by atoms with van der Waals surface area (Å²) in [6.45, 7) is 4.15. The second-order valence-corrected chi connectivity index (χ2v) is 6.65. The Morgan fingerprint density at radius 1 is 1.07 bits per heavy atom. The number of nitrogens with one attached hydrogen (secondary N) is 1. The molecule has 0 saturated heterocycles. The van der Waals surface area contributed by atoms with Crippen molar-refractivity contribution in [3.05, 3.63) is 99.0 Å². The van der Waals surface area contributed by atoms with Crippen LogP contribution in [0.3, 0.4) is 0 Å². The van der Waals surface area contributed by atoms with Gasteiger partial charge in [-0.3, -0.25) is 14.4 Å². The second kappa shape index (κ2) is 8.43. The number of primary amides is 1. The number of nitrogens with two attached hydrogens (primary N) is 1. The largest absolute Gasteiger partial charge is 0.406 e. The van der Waals surface area contributed by atoms with Gasteiger partial charge in [0.15, 0.2) is 0 Å². The minimum Gasteiger partial charge on any atom is -0.406 e. The Morgan fingerprint density at radius 2 is 1.79 bits per heavy atom. The molecular formula is C22H21N3O4. The first-order valence-electron chi connectivity index (χ1n) is 8.97. The van der Waals surface area contributed by atoms with E-state index in [1.54, 1.807) is 6.07 Å². The van der Waals surface area contributed by atoms with Gasteiger partial charge in [0.1, 0.15) is 12.2 Å². The number of aromatic nitrogens is 1. The van der Waals surface area contributed by atoms with E-state index in [1.807, 2.05) is 32.0 Å². The van der Waals surface area contributed by atoms with Crippen molar-refractivity contribution in [3.8, 4) is 0 Å². The molecule has 0 saturated carbocycles. The van der Waals surface area contributed by atoms with Crippen LogP contribution in [0.15, 0.2) is 65.6 Å². The molecule has 0 aliphatic rings. The van der Waals surface area contributed by atoms with Crippen LogP contribution in [0.2, 0.25) is 0 Å². The van der Waals surface area contributed by atoms with Crippen molar-refractivity contribution in [1.29, 1.82) is 0 Å². The van der Waals surface area contributed by atoms with Gasteiger partial charge in [0.2, 0.25) is 5.91 Å². The Kier molecular flexibility index (Phi) is 5.78. The molecule has 2 aromatic carbocycles. The molecule has 0 aliphatic heterocycles. The lowest BCUT2D eigenvalue weighted by molar-refractivity contribution is 0.0860. The molecule has 1 heterocycles. The molecule has 0 aliphatic carbocycles. The number of carbonyl (C=O) groups is 2. The van der Waals surface area contributed by atoms with Gasteiger partial charge >= 0.3 is 0 Å². The van der Waals surface area contributed by atoms with Crippen LogP contribution in [0.1, 0.15) is 37.4 Å². The number of amides is 2. The Balaban J connectivity index is 1.75. The summed E-state index contributed by atoms with van der Waals surface area (Å²) in [5.41, 5.74) is 8.44. The summed E-state index contributed by atoms with van der Waals surface area (Å²) >= 11 is 0. The van der Waals surface area contributed by atoms with E-state index >= 15 is 0 Å². The molecular weight excluding hydrogens is 370 g/mol. The monoisotopic (exact) mass is 391 g/mol. The summed E-state index contributed by atoms with van der Waals surface area (Å²) in [7, 11) is 0. The van der Waals surface area contributed by atoms with E-state index in [0.717, 1.165) is 21.4 Å². The highest BCUT2D eigenvalue weighted by atomic mass is 16.7. The number of aryl methyl sites for hydroxylation is 2. The summed E-state index contributed by atoms with van der Waals surface area (Å²) in [5.74, 6) is -1.14. The van der Waals surface area contributed by atoms with E-state index in [-0.39, 0.29) is 12.2 Å². The third kappa shape index (κ3) is 4.70. The summed E-state index contributed by atoms with van der Waals surface area (Å²) in [5, 5.41) is 2.62. The zero-order chi connectivity index (χ0) is 21.0. The molecule has 7 nitrogen and oxygen atoms in total. The number of rotatable bonds is 6. The van der Waals surface area contributed by atoms with E-state index in [9.17, 15) is 14.4 Å². The minimum absolute atomic E-state index is 0.0626. The summed E-state index contributed by atoms with van der Waals surface area (Å²) in [6.07, 6.45) is 1.46. The summed E-state index contributed by atoms with van der Waals surface area (Å²) in [4.78, 5) is 41.9. The van der Waals surface area contributed by atoms with Gasteiger partial charge in [-0.15, -0.1) is 0 Å². The lowest BCUT2D eigenvalue weighted by atomic mass is 10.1. The molecule has 7 heteroatoms.